The third-order valence-corrected chi connectivity index (χ3v) is 3.75. The van der Waals surface area contributed by atoms with Crippen molar-refractivity contribution in [2.75, 3.05) is 5.32 Å². The van der Waals surface area contributed by atoms with E-state index in [1.165, 1.54) is 16.8 Å². The van der Waals surface area contributed by atoms with Crippen molar-refractivity contribution in [2.24, 2.45) is 5.73 Å². The highest BCUT2D eigenvalue weighted by molar-refractivity contribution is 5.44. The molecular formula is C15H17FN4O. The summed E-state index contributed by atoms with van der Waals surface area (Å²) in [4.78, 5) is 16.2. The Balaban J connectivity index is 1.90. The number of hydrogen-bond donors (Lipinski definition) is 2. The van der Waals surface area contributed by atoms with Gasteiger partial charge in [0.1, 0.15) is 11.5 Å². The summed E-state index contributed by atoms with van der Waals surface area (Å²) < 4.78 is 14.6. The minimum atomic E-state index is -0.473. The standard InChI is InChI=1S/C15H17FN4O/c16-10-6-13(9-18-8-10)20-5-1-2-14(15(20)21)19-12-4-3-11(17)7-12/h1-2,5-6,8-9,11-12,19H,3-4,7,17H2/t11-,12-/m0/s1. The van der Waals surface area contributed by atoms with Crippen LogP contribution < -0.4 is 16.6 Å². The fraction of sp³-hybridized carbons (Fsp3) is 0.333. The van der Waals surface area contributed by atoms with E-state index in [1.807, 2.05) is 0 Å². The van der Waals surface area contributed by atoms with E-state index in [1.54, 1.807) is 18.3 Å². The van der Waals surface area contributed by atoms with Gasteiger partial charge in [0, 0.05) is 24.3 Å². The Hall–Kier alpha value is -2.21. The third-order valence-electron chi connectivity index (χ3n) is 3.75. The number of halogens is 1. The van der Waals surface area contributed by atoms with Crippen LogP contribution in [0, 0.1) is 5.82 Å². The van der Waals surface area contributed by atoms with E-state index >= 15 is 0 Å². The van der Waals surface area contributed by atoms with Crippen LogP contribution in [0.3, 0.4) is 0 Å². The lowest BCUT2D eigenvalue weighted by molar-refractivity contribution is 0.619. The summed E-state index contributed by atoms with van der Waals surface area (Å²) in [6.45, 7) is 0. The van der Waals surface area contributed by atoms with Crippen LogP contribution in [0.15, 0.2) is 41.6 Å². The molecular weight excluding hydrogens is 271 g/mol. The van der Waals surface area contributed by atoms with Gasteiger partial charge in [0.05, 0.1) is 18.1 Å². The largest absolute Gasteiger partial charge is 0.378 e. The molecule has 3 rings (SSSR count). The van der Waals surface area contributed by atoms with Crippen molar-refractivity contribution in [3.05, 3.63) is 53.0 Å². The Morgan fingerprint density at radius 3 is 2.95 bits per heavy atom. The molecule has 110 valence electrons. The third kappa shape index (κ3) is 2.95. The Morgan fingerprint density at radius 2 is 2.24 bits per heavy atom. The molecule has 0 bridgehead atoms. The molecule has 2 atom stereocenters. The zero-order valence-electron chi connectivity index (χ0n) is 11.5. The number of aromatic nitrogens is 2. The van der Waals surface area contributed by atoms with Gasteiger partial charge >= 0.3 is 0 Å². The maximum absolute atomic E-state index is 13.2. The van der Waals surface area contributed by atoms with Gasteiger partial charge in [-0.05, 0) is 31.4 Å². The predicted octanol–water partition coefficient (Wildman–Crippen LogP) is 1.66. The van der Waals surface area contributed by atoms with Crippen molar-refractivity contribution in [1.82, 2.24) is 9.55 Å². The van der Waals surface area contributed by atoms with Crippen LogP contribution in [0.4, 0.5) is 10.1 Å². The molecule has 1 fully saturated rings. The number of nitrogens with two attached hydrogens (primary N) is 1. The molecule has 5 nitrogen and oxygen atoms in total. The summed E-state index contributed by atoms with van der Waals surface area (Å²) >= 11 is 0. The topological polar surface area (TPSA) is 72.9 Å². The monoisotopic (exact) mass is 288 g/mol. The second-order valence-corrected chi connectivity index (χ2v) is 5.37. The van der Waals surface area contributed by atoms with E-state index in [2.05, 4.69) is 10.3 Å². The zero-order valence-corrected chi connectivity index (χ0v) is 11.5. The summed E-state index contributed by atoms with van der Waals surface area (Å²) in [6, 6.07) is 5.18. The molecule has 1 aliphatic rings. The first-order chi connectivity index (χ1) is 10.1. The van der Waals surface area contributed by atoms with Gasteiger partial charge in [-0.3, -0.25) is 14.3 Å². The van der Waals surface area contributed by atoms with E-state index in [0.29, 0.717) is 11.4 Å². The molecule has 0 aromatic carbocycles. The molecule has 1 saturated carbocycles. The SMILES string of the molecule is N[C@H]1CC[C@H](Nc2cccn(-c3cncc(F)c3)c2=O)C1. The maximum atomic E-state index is 13.2. The highest BCUT2D eigenvalue weighted by Crippen LogP contribution is 2.20. The van der Waals surface area contributed by atoms with E-state index in [4.69, 9.17) is 5.73 Å². The van der Waals surface area contributed by atoms with Gasteiger partial charge in [-0.1, -0.05) is 0 Å². The van der Waals surface area contributed by atoms with Gasteiger partial charge in [0.2, 0.25) is 0 Å². The lowest BCUT2D eigenvalue weighted by Gasteiger charge is -2.14. The first-order valence-corrected chi connectivity index (χ1v) is 6.98. The molecule has 0 spiro atoms. The van der Waals surface area contributed by atoms with Crippen molar-refractivity contribution in [1.29, 1.82) is 0 Å². The van der Waals surface area contributed by atoms with Crippen LogP contribution in [-0.4, -0.2) is 21.6 Å². The average molecular weight is 288 g/mol. The minimum Gasteiger partial charge on any atom is -0.378 e. The van der Waals surface area contributed by atoms with Crippen LogP contribution in [0.2, 0.25) is 0 Å². The predicted molar refractivity (Wildman–Crippen MR) is 79.0 cm³/mol. The van der Waals surface area contributed by atoms with Crippen molar-refractivity contribution in [2.45, 2.75) is 31.3 Å². The van der Waals surface area contributed by atoms with Crippen molar-refractivity contribution >= 4 is 5.69 Å². The fourth-order valence-electron chi connectivity index (χ4n) is 2.71. The molecule has 1 aliphatic carbocycles. The molecule has 2 aromatic rings. The number of hydrogen-bond acceptors (Lipinski definition) is 4. The first-order valence-electron chi connectivity index (χ1n) is 6.98. The van der Waals surface area contributed by atoms with Gasteiger partial charge in [-0.25, -0.2) is 4.39 Å². The number of nitrogens with zero attached hydrogens (tertiary/aromatic N) is 2. The van der Waals surface area contributed by atoms with E-state index in [0.717, 1.165) is 25.5 Å². The molecule has 0 aliphatic heterocycles. The van der Waals surface area contributed by atoms with Crippen molar-refractivity contribution in [3.8, 4) is 5.69 Å². The van der Waals surface area contributed by atoms with Gasteiger partial charge in [0.25, 0.3) is 5.56 Å². The fourth-order valence-corrected chi connectivity index (χ4v) is 2.71. The summed E-state index contributed by atoms with van der Waals surface area (Å²) in [5.41, 5.74) is 6.57. The maximum Gasteiger partial charge on any atom is 0.278 e. The van der Waals surface area contributed by atoms with Crippen LogP contribution in [0.5, 0.6) is 0 Å². The molecule has 3 N–H and O–H groups in total. The lowest BCUT2D eigenvalue weighted by atomic mass is 10.2. The highest BCUT2D eigenvalue weighted by atomic mass is 19.1. The number of pyridine rings is 2. The minimum absolute atomic E-state index is 0.195. The van der Waals surface area contributed by atoms with E-state index in [9.17, 15) is 9.18 Å². The number of anilines is 1. The van der Waals surface area contributed by atoms with Crippen LogP contribution in [0.1, 0.15) is 19.3 Å². The average Bonchev–Trinajstić information content (AvgIpc) is 2.86. The number of rotatable bonds is 3. The summed E-state index contributed by atoms with van der Waals surface area (Å²) in [7, 11) is 0. The molecule has 0 unspecified atom stereocenters. The Kier molecular flexibility index (Phi) is 3.70. The summed E-state index contributed by atoms with van der Waals surface area (Å²) in [5, 5.41) is 3.24. The molecule has 2 heterocycles. The lowest BCUT2D eigenvalue weighted by Crippen LogP contribution is -2.27. The Labute approximate surface area is 121 Å². The quantitative estimate of drug-likeness (QED) is 0.901. The van der Waals surface area contributed by atoms with Crippen LogP contribution in [0.25, 0.3) is 5.69 Å². The second-order valence-electron chi connectivity index (χ2n) is 5.37. The zero-order chi connectivity index (χ0) is 14.8. The number of nitrogens with one attached hydrogen (secondary N) is 1. The van der Waals surface area contributed by atoms with Gasteiger partial charge < -0.3 is 11.1 Å². The van der Waals surface area contributed by atoms with Crippen molar-refractivity contribution in [3.63, 3.8) is 0 Å². The smallest absolute Gasteiger partial charge is 0.278 e. The highest BCUT2D eigenvalue weighted by Gasteiger charge is 2.22. The molecule has 21 heavy (non-hydrogen) atoms. The Morgan fingerprint density at radius 1 is 1.38 bits per heavy atom. The van der Waals surface area contributed by atoms with Crippen LogP contribution >= 0.6 is 0 Å². The second kappa shape index (κ2) is 5.65. The normalized spacial score (nSPS) is 21.4. The van der Waals surface area contributed by atoms with Gasteiger partial charge in [-0.2, -0.15) is 0 Å². The van der Waals surface area contributed by atoms with Gasteiger partial charge in [-0.15, -0.1) is 0 Å². The summed E-state index contributed by atoms with van der Waals surface area (Å²) in [6.07, 6.45) is 6.94. The summed E-state index contributed by atoms with van der Waals surface area (Å²) in [5.74, 6) is -0.473. The molecule has 0 radical (unpaired) electrons. The molecule has 0 amide bonds. The van der Waals surface area contributed by atoms with E-state index in [-0.39, 0.29) is 17.6 Å². The molecule has 2 aromatic heterocycles. The molecule has 6 heteroatoms. The Bertz CT molecular complexity index is 700. The van der Waals surface area contributed by atoms with Crippen LogP contribution in [-0.2, 0) is 0 Å². The van der Waals surface area contributed by atoms with Crippen molar-refractivity contribution < 1.29 is 4.39 Å². The van der Waals surface area contributed by atoms with Gasteiger partial charge in [0.15, 0.2) is 0 Å². The van der Waals surface area contributed by atoms with E-state index < -0.39 is 5.82 Å². The first kappa shape index (κ1) is 13.8. The molecule has 0 saturated heterocycles.